The Morgan fingerprint density at radius 2 is 1.67 bits per heavy atom. The Morgan fingerprint density at radius 1 is 1.00 bits per heavy atom. The summed E-state index contributed by atoms with van der Waals surface area (Å²) in [5, 5.41) is 0. The topological polar surface area (TPSA) is 29.5 Å². The molecule has 4 rings (SSSR count). The lowest BCUT2D eigenvalue weighted by Crippen LogP contribution is -2.23. The normalized spacial score (nSPS) is 15.3. The van der Waals surface area contributed by atoms with Gasteiger partial charge in [-0.05, 0) is 73.4 Å². The molecule has 0 saturated carbocycles. The molecular formula is C27H25NO2. The number of carbonyl (C=O) groups is 1. The molecule has 0 saturated heterocycles. The van der Waals surface area contributed by atoms with Crippen LogP contribution in [0.15, 0.2) is 79.4 Å². The van der Waals surface area contributed by atoms with Crippen molar-refractivity contribution < 1.29 is 9.53 Å². The van der Waals surface area contributed by atoms with Crippen molar-refractivity contribution in [2.45, 2.75) is 26.3 Å². The maximum atomic E-state index is 11.3. The molecular weight excluding hydrogens is 370 g/mol. The van der Waals surface area contributed by atoms with Gasteiger partial charge in [0, 0.05) is 23.5 Å². The van der Waals surface area contributed by atoms with Gasteiger partial charge >= 0.3 is 5.97 Å². The number of anilines is 2. The van der Waals surface area contributed by atoms with Crippen molar-refractivity contribution in [1.82, 2.24) is 0 Å². The number of nitrogens with zero attached hydrogens (tertiary/aromatic N) is 1. The molecule has 0 radical (unpaired) electrons. The summed E-state index contributed by atoms with van der Waals surface area (Å²) in [5.41, 5.74) is 7.40. The van der Waals surface area contributed by atoms with Gasteiger partial charge in [0.25, 0.3) is 0 Å². The number of aryl methyl sites for hydroxylation is 1. The molecule has 3 aromatic carbocycles. The summed E-state index contributed by atoms with van der Waals surface area (Å²) in [7, 11) is 0. The summed E-state index contributed by atoms with van der Waals surface area (Å²) in [6, 6.07) is 23.2. The Labute approximate surface area is 177 Å². The number of rotatable bonds is 5. The van der Waals surface area contributed by atoms with Gasteiger partial charge in [0.1, 0.15) is 5.75 Å². The van der Waals surface area contributed by atoms with Crippen LogP contribution >= 0.6 is 0 Å². The maximum absolute atomic E-state index is 11.3. The highest BCUT2D eigenvalue weighted by molar-refractivity contribution is 5.83. The smallest absolute Gasteiger partial charge is 0.335 e. The predicted octanol–water partition coefficient (Wildman–Crippen LogP) is 6.34. The second-order valence-corrected chi connectivity index (χ2v) is 7.67. The van der Waals surface area contributed by atoms with E-state index in [1.807, 2.05) is 12.1 Å². The number of fused-ring (bicyclic) bond motifs is 1. The van der Waals surface area contributed by atoms with Gasteiger partial charge in [0.2, 0.25) is 0 Å². The van der Waals surface area contributed by atoms with E-state index in [4.69, 9.17) is 4.74 Å². The zero-order chi connectivity index (χ0) is 21.1. The zero-order valence-corrected chi connectivity index (χ0v) is 17.3. The first-order valence-electron chi connectivity index (χ1n) is 10.1. The van der Waals surface area contributed by atoms with Crippen molar-refractivity contribution in [2.24, 2.45) is 0 Å². The molecule has 3 heteroatoms. The molecule has 0 spiro atoms. The second kappa shape index (κ2) is 8.42. The zero-order valence-electron chi connectivity index (χ0n) is 17.3. The molecule has 3 aromatic rings. The Morgan fingerprint density at radius 3 is 2.37 bits per heavy atom. The van der Waals surface area contributed by atoms with Crippen molar-refractivity contribution in [3.8, 4) is 5.75 Å². The van der Waals surface area contributed by atoms with Gasteiger partial charge in [0.15, 0.2) is 0 Å². The van der Waals surface area contributed by atoms with Crippen LogP contribution < -0.4 is 9.64 Å². The summed E-state index contributed by atoms with van der Waals surface area (Å²) in [6.07, 6.45) is 6.37. The van der Waals surface area contributed by atoms with Gasteiger partial charge in [-0.25, -0.2) is 4.79 Å². The van der Waals surface area contributed by atoms with Crippen LogP contribution in [-0.4, -0.2) is 12.0 Å². The molecule has 0 fully saturated rings. The van der Waals surface area contributed by atoms with Crippen molar-refractivity contribution >= 4 is 29.5 Å². The van der Waals surface area contributed by atoms with Gasteiger partial charge in [-0.3, -0.25) is 0 Å². The fourth-order valence-corrected chi connectivity index (χ4v) is 3.85. The third-order valence-electron chi connectivity index (χ3n) is 5.36. The first-order valence-corrected chi connectivity index (χ1v) is 10.1. The highest BCUT2D eigenvalue weighted by atomic mass is 16.5. The summed E-state index contributed by atoms with van der Waals surface area (Å²) in [6.45, 7) is 7.79. The largest absolute Gasteiger partial charge is 0.423 e. The van der Waals surface area contributed by atoms with Crippen LogP contribution in [0.5, 0.6) is 5.75 Å². The Balaban J connectivity index is 1.51. The molecule has 0 N–H and O–H groups in total. The predicted molar refractivity (Wildman–Crippen MR) is 124 cm³/mol. The molecule has 1 heterocycles. The van der Waals surface area contributed by atoms with Crippen LogP contribution in [0.2, 0.25) is 0 Å². The minimum Gasteiger partial charge on any atom is -0.423 e. The first kappa shape index (κ1) is 19.7. The van der Waals surface area contributed by atoms with Gasteiger partial charge in [-0.2, -0.15) is 0 Å². The Hall–Kier alpha value is -3.59. The SMILES string of the molecule is C=CC(=O)Oc1ccc(C=Cc2ccc3c(c2)CC(C)N3c2ccc(C)cc2)cc1. The number of ether oxygens (including phenoxy) is 1. The van der Waals surface area contributed by atoms with Crippen molar-refractivity contribution in [3.05, 3.63) is 102 Å². The van der Waals surface area contributed by atoms with Crippen molar-refractivity contribution in [1.29, 1.82) is 0 Å². The number of esters is 1. The summed E-state index contributed by atoms with van der Waals surface area (Å²) in [4.78, 5) is 13.7. The third kappa shape index (κ3) is 4.20. The van der Waals surface area contributed by atoms with E-state index < -0.39 is 5.97 Å². The minimum atomic E-state index is -0.453. The van der Waals surface area contributed by atoms with E-state index in [0.29, 0.717) is 11.8 Å². The van der Waals surface area contributed by atoms with E-state index >= 15 is 0 Å². The van der Waals surface area contributed by atoms with Crippen molar-refractivity contribution in [3.63, 3.8) is 0 Å². The molecule has 0 aliphatic carbocycles. The molecule has 1 aliphatic rings. The van der Waals surface area contributed by atoms with Crippen LogP contribution in [0.1, 0.15) is 29.2 Å². The summed E-state index contributed by atoms with van der Waals surface area (Å²) in [5.74, 6) is 0.0603. The van der Waals surface area contributed by atoms with Gasteiger partial charge in [0.05, 0.1) is 0 Å². The Bertz CT molecular complexity index is 1090. The molecule has 0 aromatic heterocycles. The number of carbonyl (C=O) groups excluding carboxylic acids is 1. The number of hydrogen-bond acceptors (Lipinski definition) is 3. The van der Waals surface area contributed by atoms with Crippen LogP contribution in [0.25, 0.3) is 12.2 Å². The molecule has 1 unspecified atom stereocenters. The average Bonchev–Trinajstić information content (AvgIpc) is 3.08. The first-order chi connectivity index (χ1) is 14.5. The highest BCUT2D eigenvalue weighted by Crippen LogP contribution is 2.39. The second-order valence-electron chi connectivity index (χ2n) is 7.67. The standard InChI is InChI=1S/C27H25NO2/c1-4-27(29)30-25-14-9-21(10-15-25)7-8-22-11-16-26-23(18-22)17-20(3)28(26)24-12-5-19(2)6-13-24/h4-16,18,20H,1,17H2,2-3H3. The number of benzene rings is 3. The van der Waals surface area contributed by atoms with Crippen LogP contribution in [0, 0.1) is 6.92 Å². The Kier molecular flexibility index (Phi) is 5.53. The van der Waals surface area contributed by atoms with E-state index in [1.165, 1.54) is 28.1 Å². The van der Waals surface area contributed by atoms with Crippen LogP contribution in [-0.2, 0) is 11.2 Å². The van der Waals surface area contributed by atoms with E-state index in [1.54, 1.807) is 12.1 Å². The van der Waals surface area contributed by atoms with E-state index in [0.717, 1.165) is 18.1 Å². The summed E-state index contributed by atoms with van der Waals surface area (Å²) < 4.78 is 5.11. The maximum Gasteiger partial charge on any atom is 0.335 e. The molecule has 1 atom stereocenters. The van der Waals surface area contributed by atoms with Crippen molar-refractivity contribution in [2.75, 3.05) is 4.90 Å². The fourth-order valence-electron chi connectivity index (χ4n) is 3.85. The lowest BCUT2D eigenvalue weighted by atomic mass is 10.1. The highest BCUT2D eigenvalue weighted by Gasteiger charge is 2.27. The number of hydrogen-bond donors (Lipinski definition) is 0. The van der Waals surface area contributed by atoms with E-state index in [9.17, 15) is 4.79 Å². The molecule has 0 bridgehead atoms. The molecule has 30 heavy (non-hydrogen) atoms. The fraction of sp³-hybridized carbons (Fsp3) is 0.148. The average molecular weight is 396 g/mol. The molecule has 3 nitrogen and oxygen atoms in total. The van der Waals surface area contributed by atoms with Gasteiger partial charge < -0.3 is 9.64 Å². The quantitative estimate of drug-likeness (QED) is 0.218. The van der Waals surface area contributed by atoms with Gasteiger partial charge in [-0.1, -0.05) is 54.6 Å². The monoisotopic (exact) mass is 395 g/mol. The van der Waals surface area contributed by atoms with Crippen LogP contribution in [0.3, 0.4) is 0 Å². The van der Waals surface area contributed by atoms with Gasteiger partial charge in [-0.15, -0.1) is 0 Å². The molecule has 1 aliphatic heterocycles. The molecule has 0 amide bonds. The lowest BCUT2D eigenvalue weighted by Gasteiger charge is -2.25. The van der Waals surface area contributed by atoms with E-state index in [2.05, 4.69) is 79.9 Å². The lowest BCUT2D eigenvalue weighted by molar-refractivity contribution is -0.128. The van der Waals surface area contributed by atoms with E-state index in [-0.39, 0.29) is 0 Å². The third-order valence-corrected chi connectivity index (χ3v) is 5.36. The minimum absolute atomic E-state index is 0.438. The van der Waals surface area contributed by atoms with Crippen LogP contribution in [0.4, 0.5) is 11.4 Å². The molecule has 150 valence electrons. The summed E-state index contributed by atoms with van der Waals surface area (Å²) >= 11 is 0.